The zero-order valence-electron chi connectivity index (χ0n) is 17.5. The SMILES string of the molecule is COC(C[C@@](C)(O)C#CC[C@@](C)(O)/C=C\C1=C(C)CCCC1(C)C)OC. The van der Waals surface area contributed by atoms with Crippen molar-refractivity contribution in [3.8, 4) is 11.8 Å². The van der Waals surface area contributed by atoms with E-state index in [1.54, 1.807) is 13.8 Å². The van der Waals surface area contributed by atoms with Crippen LogP contribution in [0, 0.1) is 17.3 Å². The van der Waals surface area contributed by atoms with Gasteiger partial charge in [-0.25, -0.2) is 0 Å². The highest BCUT2D eigenvalue weighted by Gasteiger charge is 2.28. The summed E-state index contributed by atoms with van der Waals surface area (Å²) in [5.41, 5.74) is 0.561. The first-order valence-corrected chi connectivity index (χ1v) is 9.32. The summed E-state index contributed by atoms with van der Waals surface area (Å²) in [5.74, 6) is 5.73. The van der Waals surface area contributed by atoms with Crippen molar-refractivity contribution in [2.45, 2.75) is 84.2 Å². The Morgan fingerprint density at radius 3 is 2.38 bits per heavy atom. The van der Waals surface area contributed by atoms with Crippen LogP contribution < -0.4 is 0 Å². The number of hydrogen-bond acceptors (Lipinski definition) is 4. The van der Waals surface area contributed by atoms with Crippen molar-refractivity contribution in [1.29, 1.82) is 0 Å². The molecule has 0 aromatic heterocycles. The average molecular weight is 365 g/mol. The Bertz CT molecular complexity index is 581. The van der Waals surface area contributed by atoms with Gasteiger partial charge in [-0.15, -0.1) is 0 Å². The maximum absolute atomic E-state index is 10.6. The molecule has 1 aliphatic carbocycles. The van der Waals surface area contributed by atoms with Crippen LogP contribution in [0.15, 0.2) is 23.3 Å². The van der Waals surface area contributed by atoms with E-state index in [0.29, 0.717) is 0 Å². The molecule has 0 saturated heterocycles. The largest absolute Gasteiger partial charge is 0.385 e. The second-order valence-electron chi connectivity index (χ2n) is 8.48. The number of ether oxygens (including phenoxy) is 2. The van der Waals surface area contributed by atoms with Gasteiger partial charge in [0.25, 0.3) is 0 Å². The minimum atomic E-state index is -1.24. The molecule has 1 rings (SSSR count). The zero-order chi connectivity index (χ0) is 20.0. The number of aliphatic hydroxyl groups is 2. The summed E-state index contributed by atoms with van der Waals surface area (Å²) < 4.78 is 10.2. The van der Waals surface area contributed by atoms with E-state index in [1.165, 1.54) is 31.8 Å². The van der Waals surface area contributed by atoms with Gasteiger partial charge in [-0.05, 0) is 51.0 Å². The first kappa shape index (κ1) is 22.9. The van der Waals surface area contributed by atoms with Crippen LogP contribution in [0.25, 0.3) is 0 Å². The Morgan fingerprint density at radius 2 is 1.85 bits per heavy atom. The molecular formula is C22H36O4. The van der Waals surface area contributed by atoms with Crippen LogP contribution in [-0.4, -0.2) is 41.9 Å². The monoisotopic (exact) mass is 364 g/mol. The van der Waals surface area contributed by atoms with Crippen molar-refractivity contribution in [2.75, 3.05) is 14.2 Å². The standard InChI is InChI=1S/C22H36O4/c1-17-10-8-12-20(2,3)18(17)11-15-21(4,23)13-9-14-22(5,24)16-19(25-6)26-7/h11,15,19,23-24H,8,10,12-13,16H2,1-7H3/b15-11-/t21-,22+/m1/s1. The molecule has 0 bridgehead atoms. The van der Waals surface area contributed by atoms with Gasteiger partial charge in [0.05, 0.1) is 5.60 Å². The van der Waals surface area contributed by atoms with Gasteiger partial charge >= 0.3 is 0 Å². The van der Waals surface area contributed by atoms with Gasteiger partial charge in [-0.2, -0.15) is 0 Å². The first-order chi connectivity index (χ1) is 11.9. The molecule has 0 unspecified atom stereocenters. The maximum atomic E-state index is 10.6. The van der Waals surface area contributed by atoms with E-state index in [9.17, 15) is 10.2 Å². The summed E-state index contributed by atoms with van der Waals surface area (Å²) >= 11 is 0. The summed E-state index contributed by atoms with van der Waals surface area (Å²) in [7, 11) is 3.05. The van der Waals surface area contributed by atoms with Gasteiger partial charge in [-0.1, -0.05) is 43.4 Å². The normalized spacial score (nSPS) is 22.1. The zero-order valence-corrected chi connectivity index (χ0v) is 17.5. The molecular weight excluding hydrogens is 328 g/mol. The van der Waals surface area contributed by atoms with Crippen molar-refractivity contribution in [3.05, 3.63) is 23.3 Å². The summed E-state index contributed by atoms with van der Waals surface area (Å²) in [4.78, 5) is 0. The minimum absolute atomic E-state index is 0.138. The average Bonchev–Trinajstić information content (AvgIpc) is 2.51. The van der Waals surface area contributed by atoms with E-state index >= 15 is 0 Å². The van der Waals surface area contributed by atoms with E-state index in [-0.39, 0.29) is 18.3 Å². The lowest BCUT2D eigenvalue weighted by Gasteiger charge is -2.33. The molecule has 0 aromatic rings. The van der Waals surface area contributed by atoms with Crippen LogP contribution in [0.4, 0.5) is 0 Å². The predicted molar refractivity (Wildman–Crippen MR) is 106 cm³/mol. The van der Waals surface area contributed by atoms with Gasteiger partial charge < -0.3 is 19.7 Å². The van der Waals surface area contributed by atoms with Crippen molar-refractivity contribution in [2.24, 2.45) is 5.41 Å². The fourth-order valence-corrected chi connectivity index (χ4v) is 3.38. The lowest BCUT2D eigenvalue weighted by atomic mass is 9.72. The molecule has 0 aliphatic heterocycles. The molecule has 0 saturated carbocycles. The Kier molecular flexibility index (Phi) is 8.10. The highest BCUT2D eigenvalue weighted by Crippen LogP contribution is 2.41. The summed E-state index contributed by atoms with van der Waals surface area (Å²) in [6.45, 7) is 10.0. The van der Waals surface area contributed by atoms with Crippen molar-refractivity contribution < 1.29 is 19.7 Å². The quantitative estimate of drug-likeness (QED) is 0.530. The molecule has 0 aromatic carbocycles. The predicted octanol–water partition coefficient (Wildman–Crippen LogP) is 3.97. The van der Waals surface area contributed by atoms with Gasteiger partial charge in [0.1, 0.15) is 5.60 Å². The second kappa shape index (κ2) is 9.19. The molecule has 0 spiro atoms. The number of methoxy groups -OCH3 is 2. The van der Waals surface area contributed by atoms with Gasteiger partial charge in [0, 0.05) is 27.1 Å². The van der Waals surface area contributed by atoms with E-state index < -0.39 is 17.5 Å². The lowest BCUT2D eigenvalue weighted by molar-refractivity contribution is -0.129. The third kappa shape index (κ3) is 7.25. The highest BCUT2D eigenvalue weighted by atomic mass is 16.7. The molecule has 0 heterocycles. The molecule has 4 heteroatoms. The molecule has 26 heavy (non-hydrogen) atoms. The molecule has 148 valence electrons. The third-order valence-corrected chi connectivity index (χ3v) is 5.05. The smallest absolute Gasteiger partial charge is 0.160 e. The van der Waals surface area contributed by atoms with Crippen LogP contribution in [-0.2, 0) is 9.47 Å². The Balaban J connectivity index is 2.78. The van der Waals surface area contributed by atoms with Crippen molar-refractivity contribution >= 4 is 0 Å². The van der Waals surface area contributed by atoms with Crippen LogP contribution in [0.1, 0.15) is 66.7 Å². The van der Waals surface area contributed by atoms with Gasteiger partial charge in [-0.3, -0.25) is 0 Å². The Hall–Kier alpha value is -1.12. The highest BCUT2D eigenvalue weighted by molar-refractivity contribution is 5.34. The summed E-state index contributed by atoms with van der Waals surface area (Å²) in [6.07, 6.45) is 7.36. The van der Waals surface area contributed by atoms with E-state index in [0.717, 1.165) is 12.8 Å². The van der Waals surface area contributed by atoms with E-state index in [1.807, 2.05) is 6.08 Å². The molecule has 0 fully saturated rings. The van der Waals surface area contributed by atoms with Crippen molar-refractivity contribution in [3.63, 3.8) is 0 Å². The van der Waals surface area contributed by atoms with Crippen LogP contribution in [0.2, 0.25) is 0 Å². The molecule has 4 nitrogen and oxygen atoms in total. The second-order valence-corrected chi connectivity index (χ2v) is 8.48. The minimum Gasteiger partial charge on any atom is -0.385 e. The fourth-order valence-electron chi connectivity index (χ4n) is 3.38. The summed E-state index contributed by atoms with van der Waals surface area (Å²) in [5, 5.41) is 21.0. The first-order valence-electron chi connectivity index (χ1n) is 9.32. The number of allylic oxidation sites excluding steroid dienone is 3. The van der Waals surface area contributed by atoms with Gasteiger partial charge in [0.15, 0.2) is 6.29 Å². The summed E-state index contributed by atoms with van der Waals surface area (Å²) in [6, 6.07) is 0. The number of hydrogen-bond donors (Lipinski definition) is 2. The van der Waals surface area contributed by atoms with Crippen LogP contribution in [0.5, 0.6) is 0 Å². The van der Waals surface area contributed by atoms with Crippen LogP contribution in [0.3, 0.4) is 0 Å². The lowest BCUT2D eigenvalue weighted by Crippen LogP contribution is -2.30. The number of rotatable bonds is 7. The van der Waals surface area contributed by atoms with Crippen LogP contribution >= 0.6 is 0 Å². The molecule has 0 amide bonds. The van der Waals surface area contributed by atoms with E-state index in [2.05, 4.69) is 38.7 Å². The third-order valence-electron chi connectivity index (χ3n) is 5.05. The molecule has 0 radical (unpaired) electrons. The Morgan fingerprint density at radius 1 is 1.23 bits per heavy atom. The fraction of sp³-hybridized carbons (Fsp3) is 0.727. The van der Waals surface area contributed by atoms with E-state index in [4.69, 9.17) is 9.47 Å². The van der Waals surface area contributed by atoms with Crippen molar-refractivity contribution in [1.82, 2.24) is 0 Å². The maximum Gasteiger partial charge on any atom is 0.160 e. The molecule has 1 aliphatic rings. The molecule has 2 N–H and O–H groups in total. The topological polar surface area (TPSA) is 58.9 Å². The Labute approximate surface area is 159 Å². The van der Waals surface area contributed by atoms with Gasteiger partial charge in [0.2, 0.25) is 0 Å². The molecule has 2 atom stereocenters.